The Labute approximate surface area is 195 Å². The first-order chi connectivity index (χ1) is 14.0. The number of aromatic nitrogens is 1. The van der Waals surface area contributed by atoms with Crippen LogP contribution in [0, 0.1) is 0 Å². The molecule has 1 heterocycles. The van der Waals surface area contributed by atoms with E-state index in [4.69, 9.17) is 9.47 Å². The molecule has 1 amide bonds. The number of halogens is 1. The number of ether oxygens (including phenoxy) is 2. The molecule has 0 aliphatic rings. The molecule has 0 radical (unpaired) electrons. The summed E-state index contributed by atoms with van der Waals surface area (Å²) in [4.78, 5) is 21.0. The van der Waals surface area contributed by atoms with Crippen LogP contribution in [0.25, 0.3) is 10.9 Å². The topological polar surface area (TPSA) is 91.0 Å². The van der Waals surface area contributed by atoms with Crippen LogP contribution < -0.4 is 20.1 Å². The van der Waals surface area contributed by atoms with Gasteiger partial charge in [0.25, 0.3) is 0 Å². The number of rotatable bonds is 10. The fourth-order valence-electron chi connectivity index (χ4n) is 2.78. The number of methoxy groups -OCH3 is 2. The molecule has 0 aliphatic carbocycles. The SMILES string of the molecule is C=CCNC(=NCC(=O)N(C)C)NCCCc1cc2c(OC)cc(OC)cc2[nH]1.I. The molecule has 0 bridgehead atoms. The lowest BCUT2D eigenvalue weighted by Gasteiger charge is -2.12. The molecule has 9 heteroatoms. The highest BCUT2D eigenvalue weighted by Gasteiger charge is 2.09. The van der Waals surface area contributed by atoms with Crippen molar-refractivity contribution in [3.63, 3.8) is 0 Å². The van der Waals surface area contributed by atoms with Crippen LogP contribution in [0.2, 0.25) is 0 Å². The molecular formula is C21H32IN5O3. The lowest BCUT2D eigenvalue weighted by molar-refractivity contribution is -0.127. The van der Waals surface area contributed by atoms with E-state index in [1.807, 2.05) is 12.1 Å². The number of H-pyrrole nitrogens is 1. The van der Waals surface area contributed by atoms with Gasteiger partial charge in [-0.1, -0.05) is 6.08 Å². The molecule has 8 nitrogen and oxygen atoms in total. The zero-order valence-electron chi connectivity index (χ0n) is 18.1. The van der Waals surface area contributed by atoms with Gasteiger partial charge in [0.05, 0.1) is 19.7 Å². The Morgan fingerprint density at radius 3 is 2.63 bits per heavy atom. The number of nitrogens with one attached hydrogen (secondary N) is 3. The Bertz CT molecular complexity index is 864. The fraction of sp³-hybridized carbons (Fsp3) is 0.429. The summed E-state index contributed by atoms with van der Waals surface area (Å²) in [5, 5.41) is 7.41. The van der Waals surface area contributed by atoms with Gasteiger partial charge in [-0.2, -0.15) is 0 Å². The molecule has 0 aliphatic heterocycles. The predicted molar refractivity (Wildman–Crippen MR) is 132 cm³/mol. The van der Waals surface area contributed by atoms with Gasteiger partial charge in [0.1, 0.15) is 18.0 Å². The van der Waals surface area contributed by atoms with Crippen LogP contribution in [0.1, 0.15) is 12.1 Å². The number of carbonyl (C=O) groups excluding carboxylic acids is 1. The number of likely N-dealkylation sites (N-methyl/N-ethyl adjacent to an activating group) is 1. The zero-order chi connectivity index (χ0) is 21.2. The van der Waals surface area contributed by atoms with Crippen LogP contribution in [-0.2, 0) is 11.2 Å². The second-order valence-electron chi connectivity index (χ2n) is 6.74. The number of aromatic amines is 1. The van der Waals surface area contributed by atoms with E-state index < -0.39 is 0 Å². The van der Waals surface area contributed by atoms with Gasteiger partial charge in [-0.25, -0.2) is 4.99 Å². The lowest BCUT2D eigenvalue weighted by atomic mass is 10.2. The van der Waals surface area contributed by atoms with Crippen molar-refractivity contribution in [3.05, 3.63) is 36.5 Å². The third kappa shape index (κ3) is 7.43. The summed E-state index contributed by atoms with van der Waals surface area (Å²) >= 11 is 0. The third-order valence-corrected chi connectivity index (χ3v) is 4.39. The molecule has 0 unspecified atom stereocenters. The van der Waals surface area contributed by atoms with E-state index >= 15 is 0 Å². The Kier molecular flexibility index (Phi) is 11.1. The van der Waals surface area contributed by atoms with E-state index in [0.717, 1.165) is 47.5 Å². The zero-order valence-corrected chi connectivity index (χ0v) is 20.4. The van der Waals surface area contributed by atoms with Gasteiger partial charge in [-0.15, -0.1) is 30.6 Å². The minimum absolute atomic E-state index is 0. The van der Waals surface area contributed by atoms with Crippen molar-refractivity contribution in [1.29, 1.82) is 0 Å². The van der Waals surface area contributed by atoms with Crippen LogP contribution >= 0.6 is 24.0 Å². The van der Waals surface area contributed by atoms with Crippen molar-refractivity contribution in [2.75, 3.05) is 47.9 Å². The summed E-state index contributed by atoms with van der Waals surface area (Å²) in [5.74, 6) is 2.09. The molecule has 3 N–H and O–H groups in total. The highest BCUT2D eigenvalue weighted by Crippen LogP contribution is 2.31. The molecular weight excluding hydrogens is 497 g/mol. The molecule has 0 fully saturated rings. The molecule has 2 rings (SSSR count). The number of guanidine groups is 1. The van der Waals surface area contributed by atoms with Crippen LogP contribution in [0.15, 0.2) is 35.8 Å². The van der Waals surface area contributed by atoms with Gasteiger partial charge in [-0.3, -0.25) is 4.79 Å². The first-order valence-electron chi connectivity index (χ1n) is 9.55. The summed E-state index contributed by atoms with van der Waals surface area (Å²) in [6, 6.07) is 5.95. The van der Waals surface area contributed by atoms with Crippen LogP contribution in [0.5, 0.6) is 11.5 Å². The molecule has 0 atom stereocenters. The maximum absolute atomic E-state index is 11.7. The van der Waals surface area contributed by atoms with E-state index in [-0.39, 0.29) is 36.4 Å². The van der Waals surface area contributed by atoms with Gasteiger partial charge in [0.2, 0.25) is 5.91 Å². The summed E-state index contributed by atoms with van der Waals surface area (Å²) < 4.78 is 10.8. The Hall–Kier alpha value is -2.43. The first-order valence-corrected chi connectivity index (χ1v) is 9.55. The van der Waals surface area contributed by atoms with Crippen molar-refractivity contribution in [1.82, 2.24) is 20.5 Å². The van der Waals surface area contributed by atoms with Crippen molar-refractivity contribution in [3.8, 4) is 11.5 Å². The van der Waals surface area contributed by atoms with Gasteiger partial charge in [0, 0.05) is 50.4 Å². The second-order valence-corrected chi connectivity index (χ2v) is 6.74. The largest absolute Gasteiger partial charge is 0.497 e. The molecule has 0 saturated carbocycles. The third-order valence-electron chi connectivity index (χ3n) is 4.39. The van der Waals surface area contributed by atoms with Gasteiger partial charge in [-0.05, 0) is 18.9 Å². The van der Waals surface area contributed by atoms with Gasteiger partial charge in [0.15, 0.2) is 5.96 Å². The second kappa shape index (κ2) is 13.0. The maximum atomic E-state index is 11.7. The van der Waals surface area contributed by atoms with E-state index in [0.29, 0.717) is 12.5 Å². The molecule has 30 heavy (non-hydrogen) atoms. The number of hydrogen-bond acceptors (Lipinski definition) is 4. The highest BCUT2D eigenvalue weighted by atomic mass is 127. The molecule has 0 spiro atoms. The first kappa shape index (κ1) is 25.6. The quantitative estimate of drug-likeness (QED) is 0.145. The monoisotopic (exact) mass is 529 g/mol. The van der Waals surface area contributed by atoms with E-state index in [9.17, 15) is 4.79 Å². The Morgan fingerprint density at radius 2 is 2.00 bits per heavy atom. The number of nitrogens with zero attached hydrogens (tertiary/aromatic N) is 2. The summed E-state index contributed by atoms with van der Waals surface area (Å²) in [7, 11) is 6.73. The minimum Gasteiger partial charge on any atom is -0.497 e. The number of aryl methyl sites for hydroxylation is 1. The average molecular weight is 529 g/mol. The molecule has 1 aromatic carbocycles. The van der Waals surface area contributed by atoms with Crippen molar-refractivity contribution in [2.24, 2.45) is 4.99 Å². The summed E-state index contributed by atoms with van der Waals surface area (Å²) in [6.45, 7) is 5.09. The fourth-order valence-corrected chi connectivity index (χ4v) is 2.78. The van der Waals surface area contributed by atoms with Crippen molar-refractivity contribution >= 4 is 46.7 Å². The van der Waals surface area contributed by atoms with E-state index in [1.165, 1.54) is 4.90 Å². The smallest absolute Gasteiger partial charge is 0.243 e. The summed E-state index contributed by atoms with van der Waals surface area (Å²) in [5.41, 5.74) is 2.11. The van der Waals surface area contributed by atoms with Crippen LogP contribution in [-0.4, -0.2) is 69.7 Å². The number of benzene rings is 1. The van der Waals surface area contributed by atoms with Crippen molar-refractivity contribution in [2.45, 2.75) is 12.8 Å². The summed E-state index contributed by atoms with van der Waals surface area (Å²) in [6.07, 6.45) is 3.50. The Morgan fingerprint density at radius 1 is 1.23 bits per heavy atom. The van der Waals surface area contributed by atoms with E-state index in [1.54, 1.807) is 34.4 Å². The number of amides is 1. The predicted octanol–water partition coefficient (Wildman–Crippen LogP) is 2.55. The Balaban J connectivity index is 0.00000450. The molecule has 0 saturated heterocycles. The number of carbonyl (C=O) groups is 1. The number of hydrogen-bond donors (Lipinski definition) is 3. The highest BCUT2D eigenvalue weighted by molar-refractivity contribution is 14.0. The number of fused-ring (bicyclic) bond motifs is 1. The minimum atomic E-state index is -0.0489. The van der Waals surface area contributed by atoms with Crippen LogP contribution in [0.3, 0.4) is 0 Å². The standard InChI is InChI=1S/C21H31N5O3.HI/c1-6-9-22-21(24-14-20(27)26(2)3)23-10-7-8-15-11-17-18(25-15)12-16(28-4)13-19(17)29-5;/h6,11-13,25H,1,7-10,14H2,2-5H3,(H2,22,23,24);1H. The molecule has 1 aromatic heterocycles. The molecule has 166 valence electrons. The van der Waals surface area contributed by atoms with Crippen LogP contribution in [0.4, 0.5) is 0 Å². The van der Waals surface area contributed by atoms with Gasteiger partial charge < -0.3 is 30.0 Å². The average Bonchev–Trinajstić information content (AvgIpc) is 3.13. The van der Waals surface area contributed by atoms with Gasteiger partial charge >= 0.3 is 0 Å². The lowest BCUT2D eigenvalue weighted by Crippen LogP contribution is -2.39. The molecule has 2 aromatic rings. The number of aliphatic imine (C=N–C) groups is 1. The van der Waals surface area contributed by atoms with Crippen molar-refractivity contribution < 1.29 is 14.3 Å². The van der Waals surface area contributed by atoms with E-state index in [2.05, 4.69) is 33.3 Å². The maximum Gasteiger partial charge on any atom is 0.243 e. The normalized spacial score (nSPS) is 10.9.